The molecule has 0 bridgehead atoms. The lowest BCUT2D eigenvalue weighted by molar-refractivity contribution is -0.384. The zero-order valence-corrected chi connectivity index (χ0v) is 14.3. The van der Waals surface area contributed by atoms with Crippen LogP contribution in [0.15, 0.2) is 18.2 Å². The molecule has 9 heteroatoms. The number of halogens is 2. The van der Waals surface area contributed by atoms with E-state index in [1.165, 1.54) is 12.1 Å². The van der Waals surface area contributed by atoms with Gasteiger partial charge in [-0.25, -0.2) is 4.79 Å². The van der Waals surface area contributed by atoms with E-state index in [0.29, 0.717) is 38.4 Å². The molecule has 0 amide bonds. The van der Waals surface area contributed by atoms with Crippen molar-refractivity contribution in [1.29, 1.82) is 0 Å². The standard InChI is InChI=1S/C15H16Cl2N2O5/c16-15(17)8-11(15)9-24-14(20)10-1-2-12(13(7-10)19(21)22)18-3-5-23-6-4-18/h1-2,7,11H,3-6,8-9H2. The van der Waals surface area contributed by atoms with E-state index in [1.807, 2.05) is 4.90 Å². The van der Waals surface area contributed by atoms with E-state index in [4.69, 9.17) is 32.7 Å². The van der Waals surface area contributed by atoms with Crippen LogP contribution in [0.25, 0.3) is 0 Å². The molecule has 1 aliphatic carbocycles. The Labute approximate surface area is 148 Å². The fourth-order valence-corrected chi connectivity index (χ4v) is 3.08. The van der Waals surface area contributed by atoms with Gasteiger partial charge < -0.3 is 14.4 Å². The van der Waals surface area contributed by atoms with Gasteiger partial charge in [-0.1, -0.05) is 0 Å². The Hall–Kier alpha value is -1.57. The van der Waals surface area contributed by atoms with Gasteiger partial charge in [0.15, 0.2) is 0 Å². The third-order valence-corrected chi connectivity index (χ3v) is 5.06. The number of carbonyl (C=O) groups is 1. The second-order valence-corrected chi connectivity index (χ2v) is 7.36. The van der Waals surface area contributed by atoms with Crippen LogP contribution >= 0.6 is 23.2 Å². The van der Waals surface area contributed by atoms with Crippen LogP contribution in [0.5, 0.6) is 0 Å². The van der Waals surface area contributed by atoms with Crippen molar-refractivity contribution in [2.45, 2.75) is 10.8 Å². The summed E-state index contributed by atoms with van der Waals surface area (Å²) in [7, 11) is 0. The summed E-state index contributed by atoms with van der Waals surface area (Å²) in [6.07, 6.45) is 0.569. The van der Waals surface area contributed by atoms with Gasteiger partial charge in [-0.3, -0.25) is 10.1 Å². The van der Waals surface area contributed by atoms with Crippen molar-refractivity contribution in [2.24, 2.45) is 5.92 Å². The quantitative estimate of drug-likeness (QED) is 0.341. The van der Waals surface area contributed by atoms with Gasteiger partial charge in [0.05, 0.1) is 30.3 Å². The minimum absolute atomic E-state index is 0.0904. The number of nitro benzene ring substituents is 1. The smallest absolute Gasteiger partial charge is 0.338 e. The molecule has 1 aromatic carbocycles. The number of carbonyl (C=O) groups excluding carboxylic acids is 1. The summed E-state index contributed by atoms with van der Waals surface area (Å²) >= 11 is 11.8. The highest BCUT2D eigenvalue weighted by molar-refractivity contribution is 6.50. The molecule has 0 N–H and O–H groups in total. The molecule has 1 atom stereocenters. The number of hydrogen-bond acceptors (Lipinski definition) is 6. The summed E-state index contributed by atoms with van der Waals surface area (Å²) in [4.78, 5) is 24.8. The van der Waals surface area contributed by atoms with Gasteiger partial charge in [-0.15, -0.1) is 23.2 Å². The molecule has 1 aromatic rings. The van der Waals surface area contributed by atoms with Crippen molar-refractivity contribution in [3.05, 3.63) is 33.9 Å². The highest BCUT2D eigenvalue weighted by Crippen LogP contribution is 2.53. The van der Waals surface area contributed by atoms with Gasteiger partial charge in [0.25, 0.3) is 5.69 Å². The van der Waals surface area contributed by atoms with Crippen LogP contribution in [0.2, 0.25) is 0 Å². The second-order valence-electron chi connectivity index (χ2n) is 5.82. The van der Waals surface area contributed by atoms with Gasteiger partial charge in [-0.2, -0.15) is 0 Å². The zero-order valence-electron chi connectivity index (χ0n) is 12.7. The number of ether oxygens (including phenoxy) is 2. The number of nitrogens with zero attached hydrogens (tertiary/aromatic N) is 2. The topological polar surface area (TPSA) is 81.9 Å². The molecule has 3 rings (SSSR count). The first-order valence-corrected chi connectivity index (χ1v) is 8.30. The highest BCUT2D eigenvalue weighted by Gasteiger charge is 2.52. The first-order chi connectivity index (χ1) is 11.4. The summed E-state index contributed by atoms with van der Waals surface area (Å²) in [6.45, 7) is 2.27. The molecule has 0 spiro atoms. The van der Waals surface area contributed by atoms with Gasteiger partial charge in [0, 0.05) is 25.1 Å². The Kier molecular flexibility index (Phi) is 4.85. The summed E-state index contributed by atoms with van der Waals surface area (Å²) in [5.41, 5.74) is 0.485. The number of benzene rings is 1. The Balaban J connectivity index is 1.73. The van der Waals surface area contributed by atoms with Crippen LogP contribution in [-0.4, -0.2) is 48.1 Å². The number of nitro groups is 1. The van der Waals surface area contributed by atoms with E-state index >= 15 is 0 Å². The SMILES string of the molecule is O=C(OCC1CC1(Cl)Cl)c1ccc(N2CCOCC2)c([N+](=O)[O-])c1. The van der Waals surface area contributed by atoms with Gasteiger partial charge >= 0.3 is 5.97 Å². The Morgan fingerprint density at radius 3 is 2.67 bits per heavy atom. The van der Waals surface area contributed by atoms with Crippen LogP contribution in [0.1, 0.15) is 16.8 Å². The molecular weight excluding hydrogens is 359 g/mol. The predicted octanol–water partition coefficient (Wildman–Crippen LogP) is 2.78. The molecule has 7 nitrogen and oxygen atoms in total. The average Bonchev–Trinajstić information content (AvgIpc) is 3.19. The summed E-state index contributed by atoms with van der Waals surface area (Å²) in [6, 6.07) is 4.35. The minimum Gasteiger partial charge on any atom is -0.462 e. The molecule has 1 saturated carbocycles. The van der Waals surface area contributed by atoms with E-state index in [0.717, 1.165) is 0 Å². The van der Waals surface area contributed by atoms with Crippen LogP contribution in [0.3, 0.4) is 0 Å². The first kappa shape index (κ1) is 17.3. The number of rotatable bonds is 5. The summed E-state index contributed by atoms with van der Waals surface area (Å²) in [5, 5.41) is 11.4. The van der Waals surface area contributed by atoms with Gasteiger partial charge in [0.2, 0.25) is 0 Å². The van der Waals surface area contributed by atoms with E-state index in [2.05, 4.69) is 0 Å². The molecule has 1 saturated heterocycles. The van der Waals surface area contributed by atoms with Crippen molar-refractivity contribution >= 4 is 40.5 Å². The van der Waals surface area contributed by atoms with Crippen LogP contribution < -0.4 is 4.90 Å². The van der Waals surface area contributed by atoms with E-state index < -0.39 is 15.2 Å². The predicted molar refractivity (Wildman–Crippen MR) is 89.0 cm³/mol. The maximum Gasteiger partial charge on any atom is 0.338 e. The van der Waals surface area contributed by atoms with Gasteiger partial charge in [-0.05, 0) is 18.6 Å². The monoisotopic (exact) mass is 374 g/mol. The van der Waals surface area contributed by atoms with E-state index in [9.17, 15) is 14.9 Å². The molecule has 1 heterocycles. The molecule has 0 radical (unpaired) electrons. The third kappa shape index (κ3) is 3.74. The van der Waals surface area contributed by atoms with Crippen LogP contribution in [0.4, 0.5) is 11.4 Å². The lowest BCUT2D eigenvalue weighted by Gasteiger charge is -2.28. The lowest BCUT2D eigenvalue weighted by atomic mass is 10.1. The average molecular weight is 375 g/mol. The second kappa shape index (κ2) is 6.74. The molecule has 2 aliphatic rings. The van der Waals surface area contributed by atoms with Crippen molar-refractivity contribution in [1.82, 2.24) is 0 Å². The number of hydrogen-bond donors (Lipinski definition) is 0. The molecular formula is C15H16Cl2N2O5. The van der Waals surface area contributed by atoms with Crippen LogP contribution in [0, 0.1) is 16.0 Å². The summed E-state index contributed by atoms with van der Waals surface area (Å²) in [5.74, 6) is -0.713. The van der Waals surface area contributed by atoms with Crippen molar-refractivity contribution in [3.8, 4) is 0 Å². The third-order valence-electron chi connectivity index (χ3n) is 4.13. The minimum atomic E-state index is -0.827. The largest absolute Gasteiger partial charge is 0.462 e. The Morgan fingerprint density at radius 1 is 1.42 bits per heavy atom. The maximum atomic E-state index is 12.1. The van der Waals surface area contributed by atoms with Crippen molar-refractivity contribution in [3.63, 3.8) is 0 Å². The zero-order chi connectivity index (χ0) is 17.3. The first-order valence-electron chi connectivity index (χ1n) is 7.54. The number of alkyl halides is 2. The molecule has 1 aliphatic heterocycles. The fraction of sp³-hybridized carbons (Fsp3) is 0.533. The normalized spacial score (nSPS) is 22.1. The Bertz CT molecular complexity index is 661. The maximum absolute atomic E-state index is 12.1. The van der Waals surface area contributed by atoms with E-state index in [-0.39, 0.29) is 23.8 Å². The van der Waals surface area contributed by atoms with Crippen LogP contribution in [-0.2, 0) is 9.47 Å². The number of esters is 1. The molecule has 0 aromatic heterocycles. The Morgan fingerprint density at radius 2 is 2.08 bits per heavy atom. The number of anilines is 1. The van der Waals surface area contributed by atoms with Crippen molar-refractivity contribution in [2.75, 3.05) is 37.8 Å². The van der Waals surface area contributed by atoms with Crippen molar-refractivity contribution < 1.29 is 19.2 Å². The highest BCUT2D eigenvalue weighted by atomic mass is 35.5. The molecule has 130 valence electrons. The summed E-state index contributed by atoms with van der Waals surface area (Å²) < 4.78 is 9.57. The lowest BCUT2D eigenvalue weighted by Crippen LogP contribution is -2.36. The molecule has 2 fully saturated rings. The fourth-order valence-electron chi connectivity index (χ4n) is 2.58. The molecule has 1 unspecified atom stereocenters. The van der Waals surface area contributed by atoms with Gasteiger partial charge in [0.1, 0.15) is 10.0 Å². The molecule has 24 heavy (non-hydrogen) atoms. The number of morpholine rings is 1. The van der Waals surface area contributed by atoms with E-state index in [1.54, 1.807) is 6.07 Å².